The van der Waals surface area contributed by atoms with Crippen LogP contribution in [0.25, 0.3) is 0 Å². The SMILES string of the molecule is CCCCCCCC/C=C/CCCCCCCC[N+](C)(C)CCCCCCCCCCCCCCCCCC. The third kappa shape index (κ3) is 33.8. The summed E-state index contributed by atoms with van der Waals surface area (Å²) < 4.78 is 1.24. The van der Waals surface area contributed by atoms with E-state index in [1.165, 1.54) is 210 Å². The zero-order valence-electron chi connectivity index (χ0n) is 28.2. The predicted molar refractivity (Wildman–Crippen MR) is 181 cm³/mol. The van der Waals surface area contributed by atoms with Crippen LogP contribution in [-0.2, 0) is 0 Å². The van der Waals surface area contributed by atoms with Crippen LogP contribution < -0.4 is 0 Å². The van der Waals surface area contributed by atoms with Crippen molar-refractivity contribution < 1.29 is 4.48 Å². The fourth-order valence-corrected chi connectivity index (χ4v) is 5.99. The summed E-state index contributed by atoms with van der Waals surface area (Å²) in [5, 5.41) is 0. The van der Waals surface area contributed by atoms with E-state index in [9.17, 15) is 0 Å². The normalized spacial score (nSPS) is 12.2. The van der Waals surface area contributed by atoms with E-state index in [-0.39, 0.29) is 0 Å². The fourth-order valence-electron chi connectivity index (χ4n) is 5.99. The Labute approximate surface area is 250 Å². The van der Waals surface area contributed by atoms with Crippen molar-refractivity contribution >= 4 is 0 Å². The second-order valence-electron chi connectivity index (χ2n) is 13.6. The van der Waals surface area contributed by atoms with Gasteiger partial charge in [0.25, 0.3) is 0 Å². The monoisotopic (exact) mass is 549 g/mol. The zero-order chi connectivity index (χ0) is 28.5. The van der Waals surface area contributed by atoms with Crippen LogP contribution in [0.4, 0.5) is 0 Å². The van der Waals surface area contributed by atoms with E-state index < -0.39 is 0 Å². The van der Waals surface area contributed by atoms with Crippen LogP contribution >= 0.6 is 0 Å². The minimum atomic E-state index is 1.24. The molecule has 0 aliphatic carbocycles. The lowest BCUT2D eigenvalue weighted by Crippen LogP contribution is -2.41. The highest BCUT2D eigenvalue weighted by molar-refractivity contribution is 4.81. The van der Waals surface area contributed by atoms with Crippen LogP contribution in [0, 0.1) is 0 Å². The molecular formula is C38H78N+. The molecule has 0 aromatic rings. The summed E-state index contributed by atoms with van der Waals surface area (Å²) in [4.78, 5) is 0. The summed E-state index contributed by atoms with van der Waals surface area (Å²) in [6, 6.07) is 0. The molecule has 0 fully saturated rings. The Balaban J connectivity index is 3.31. The van der Waals surface area contributed by atoms with Crippen molar-refractivity contribution in [1.82, 2.24) is 0 Å². The highest BCUT2D eigenvalue weighted by atomic mass is 15.3. The van der Waals surface area contributed by atoms with Gasteiger partial charge in [-0.3, -0.25) is 0 Å². The van der Waals surface area contributed by atoms with Gasteiger partial charge in [0.05, 0.1) is 27.2 Å². The van der Waals surface area contributed by atoms with Gasteiger partial charge < -0.3 is 4.48 Å². The Kier molecular flexibility index (Phi) is 32.0. The molecule has 0 atom stereocenters. The summed E-state index contributed by atoms with van der Waals surface area (Å²) >= 11 is 0. The summed E-state index contributed by atoms with van der Waals surface area (Å²) in [7, 11) is 4.92. The second-order valence-corrected chi connectivity index (χ2v) is 13.6. The number of quaternary nitrogens is 1. The van der Waals surface area contributed by atoms with Gasteiger partial charge in [-0.1, -0.05) is 167 Å². The number of nitrogens with zero attached hydrogens (tertiary/aromatic N) is 1. The fraction of sp³-hybridized carbons (Fsp3) is 0.947. The molecule has 0 amide bonds. The predicted octanol–water partition coefficient (Wildman–Crippen LogP) is 13.4. The summed E-state index contributed by atoms with van der Waals surface area (Å²) in [6.07, 6.45) is 48.0. The molecular weight excluding hydrogens is 470 g/mol. The van der Waals surface area contributed by atoms with Gasteiger partial charge in [-0.15, -0.1) is 0 Å². The Hall–Kier alpha value is -0.300. The molecule has 39 heavy (non-hydrogen) atoms. The average Bonchev–Trinajstić information content (AvgIpc) is 2.92. The van der Waals surface area contributed by atoms with Gasteiger partial charge in [-0.25, -0.2) is 0 Å². The maximum Gasteiger partial charge on any atom is 0.0782 e. The topological polar surface area (TPSA) is 0 Å². The Morgan fingerprint density at radius 2 is 0.538 bits per heavy atom. The summed E-state index contributed by atoms with van der Waals surface area (Å²) in [5.41, 5.74) is 0. The zero-order valence-corrected chi connectivity index (χ0v) is 28.2. The number of allylic oxidation sites excluding steroid dienone is 2. The second kappa shape index (κ2) is 32.2. The van der Waals surface area contributed by atoms with Gasteiger partial charge in [0.1, 0.15) is 0 Å². The van der Waals surface area contributed by atoms with Crippen molar-refractivity contribution in [2.45, 2.75) is 206 Å². The lowest BCUT2D eigenvalue weighted by Gasteiger charge is -2.30. The molecule has 0 aromatic carbocycles. The molecule has 234 valence electrons. The minimum Gasteiger partial charge on any atom is -0.328 e. The van der Waals surface area contributed by atoms with Crippen LogP contribution in [0.15, 0.2) is 12.2 Å². The molecule has 0 unspecified atom stereocenters. The molecule has 0 spiro atoms. The van der Waals surface area contributed by atoms with Gasteiger partial charge in [0.15, 0.2) is 0 Å². The molecule has 0 N–H and O–H groups in total. The van der Waals surface area contributed by atoms with E-state index in [2.05, 4.69) is 40.1 Å². The first kappa shape index (κ1) is 38.7. The van der Waals surface area contributed by atoms with Crippen molar-refractivity contribution in [3.63, 3.8) is 0 Å². The van der Waals surface area contributed by atoms with Crippen molar-refractivity contribution in [2.24, 2.45) is 0 Å². The first-order chi connectivity index (χ1) is 19.1. The van der Waals surface area contributed by atoms with Crippen molar-refractivity contribution in [2.75, 3.05) is 27.2 Å². The number of unbranched alkanes of at least 4 members (excludes halogenated alkanes) is 27. The van der Waals surface area contributed by atoms with Gasteiger partial charge in [-0.2, -0.15) is 0 Å². The molecule has 1 heteroatoms. The van der Waals surface area contributed by atoms with Crippen LogP contribution in [0.1, 0.15) is 206 Å². The van der Waals surface area contributed by atoms with E-state index in [1.807, 2.05) is 0 Å². The number of rotatable bonds is 33. The highest BCUT2D eigenvalue weighted by Gasteiger charge is 2.13. The molecule has 1 nitrogen and oxygen atoms in total. The van der Waals surface area contributed by atoms with Gasteiger partial charge >= 0.3 is 0 Å². The first-order valence-electron chi connectivity index (χ1n) is 18.6. The van der Waals surface area contributed by atoms with E-state index in [1.54, 1.807) is 0 Å². The Morgan fingerprint density at radius 1 is 0.308 bits per heavy atom. The third-order valence-electron chi connectivity index (χ3n) is 8.89. The Bertz CT molecular complexity index is 465. The molecule has 0 radical (unpaired) electrons. The highest BCUT2D eigenvalue weighted by Crippen LogP contribution is 2.15. The maximum absolute atomic E-state index is 2.46. The van der Waals surface area contributed by atoms with E-state index in [4.69, 9.17) is 0 Å². The van der Waals surface area contributed by atoms with Crippen LogP contribution in [0.5, 0.6) is 0 Å². The summed E-state index contributed by atoms with van der Waals surface area (Å²) in [5.74, 6) is 0. The first-order valence-corrected chi connectivity index (χ1v) is 18.6. The average molecular weight is 549 g/mol. The van der Waals surface area contributed by atoms with Gasteiger partial charge in [-0.05, 0) is 51.4 Å². The molecule has 0 bridgehead atoms. The quantitative estimate of drug-likeness (QED) is 0.0434. The largest absolute Gasteiger partial charge is 0.328 e. The molecule has 0 aliphatic rings. The number of hydrogen-bond acceptors (Lipinski definition) is 0. The standard InChI is InChI=1S/C38H78N/c1-5-7-9-11-13-15-17-19-21-23-25-27-29-31-33-35-37-39(3,4)38-36-34-32-30-28-26-24-22-20-18-16-14-12-10-8-6-2/h19,21H,5-18,20,22-38H2,1-4H3/q+1/b21-19+. The van der Waals surface area contributed by atoms with Crippen LogP contribution in [0.3, 0.4) is 0 Å². The van der Waals surface area contributed by atoms with Crippen molar-refractivity contribution in [3.05, 3.63) is 12.2 Å². The van der Waals surface area contributed by atoms with Gasteiger partial charge in [0, 0.05) is 0 Å². The minimum absolute atomic E-state index is 1.24. The van der Waals surface area contributed by atoms with Crippen LogP contribution in [0.2, 0.25) is 0 Å². The maximum atomic E-state index is 2.46. The molecule has 0 rings (SSSR count). The Morgan fingerprint density at radius 3 is 0.821 bits per heavy atom. The lowest BCUT2D eigenvalue weighted by molar-refractivity contribution is -0.890. The molecule has 0 aliphatic heterocycles. The third-order valence-corrected chi connectivity index (χ3v) is 8.89. The van der Waals surface area contributed by atoms with Crippen molar-refractivity contribution in [1.29, 1.82) is 0 Å². The lowest BCUT2D eigenvalue weighted by atomic mass is 10.0. The van der Waals surface area contributed by atoms with Gasteiger partial charge in [0.2, 0.25) is 0 Å². The molecule has 0 saturated heterocycles. The van der Waals surface area contributed by atoms with E-state index in [0.717, 1.165) is 0 Å². The van der Waals surface area contributed by atoms with E-state index in [0.29, 0.717) is 0 Å². The van der Waals surface area contributed by atoms with Crippen molar-refractivity contribution in [3.8, 4) is 0 Å². The smallest absolute Gasteiger partial charge is 0.0782 e. The van der Waals surface area contributed by atoms with Crippen LogP contribution in [-0.4, -0.2) is 31.7 Å². The summed E-state index contributed by atoms with van der Waals surface area (Å²) in [6.45, 7) is 7.36. The number of hydrogen-bond donors (Lipinski definition) is 0. The molecule has 0 saturated carbocycles. The van der Waals surface area contributed by atoms with E-state index >= 15 is 0 Å². The molecule has 0 heterocycles. The molecule has 0 aromatic heterocycles.